The number of carbonyl (C=O) groups is 2. The molecule has 0 radical (unpaired) electrons. The number of carboxylic acid groups (broad SMARTS) is 1. The van der Waals surface area contributed by atoms with Crippen LogP contribution in [0.2, 0.25) is 0 Å². The maximum atomic E-state index is 12.8. The van der Waals surface area contributed by atoms with E-state index in [9.17, 15) is 24.8 Å². The van der Waals surface area contributed by atoms with Gasteiger partial charge in [0.25, 0.3) is 11.6 Å². The lowest BCUT2D eigenvalue weighted by Gasteiger charge is -2.23. The third-order valence-corrected chi connectivity index (χ3v) is 5.21. The largest absolute Gasteiger partial charge is 0.496 e. The lowest BCUT2D eigenvalue weighted by molar-refractivity contribution is -0.384. The van der Waals surface area contributed by atoms with Crippen molar-refractivity contribution in [2.24, 2.45) is 11.3 Å². The van der Waals surface area contributed by atoms with E-state index in [0.717, 1.165) is 12.8 Å². The van der Waals surface area contributed by atoms with Crippen LogP contribution in [0.4, 0.5) is 5.69 Å². The van der Waals surface area contributed by atoms with E-state index in [0.29, 0.717) is 13.0 Å². The van der Waals surface area contributed by atoms with Crippen molar-refractivity contribution in [3.05, 3.63) is 33.9 Å². The number of non-ortho nitro benzene ring substituents is 1. The van der Waals surface area contributed by atoms with Gasteiger partial charge in [0.2, 0.25) is 0 Å². The van der Waals surface area contributed by atoms with Crippen molar-refractivity contribution in [2.45, 2.75) is 19.3 Å². The number of nitro groups is 1. The average Bonchev–Trinajstić information content (AvgIpc) is 3.11. The molecular formula is C16H18N2O6. The smallest absolute Gasteiger partial charge is 0.311 e. The molecule has 1 aliphatic heterocycles. The van der Waals surface area contributed by atoms with Crippen molar-refractivity contribution in [1.29, 1.82) is 0 Å². The molecule has 3 rings (SSSR count). The first-order chi connectivity index (χ1) is 11.4. The Hall–Kier alpha value is -2.64. The SMILES string of the molecule is COc1ccc([N+](=O)[O-])cc1C(=O)N1C[C@@H]2CCC[C@@]2(C(=O)O)C1. The van der Waals surface area contributed by atoms with E-state index in [-0.39, 0.29) is 29.5 Å². The molecule has 1 aromatic carbocycles. The summed E-state index contributed by atoms with van der Waals surface area (Å²) in [6, 6.07) is 3.84. The molecule has 8 heteroatoms. The molecule has 1 amide bonds. The quantitative estimate of drug-likeness (QED) is 0.665. The number of methoxy groups -OCH3 is 1. The summed E-state index contributed by atoms with van der Waals surface area (Å²) >= 11 is 0. The number of nitro benzene ring substituents is 1. The molecule has 0 bridgehead atoms. The second-order valence-corrected chi connectivity index (χ2v) is 6.38. The molecule has 1 saturated carbocycles. The van der Waals surface area contributed by atoms with Crippen molar-refractivity contribution < 1.29 is 24.4 Å². The van der Waals surface area contributed by atoms with Gasteiger partial charge in [0.1, 0.15) is 5.75 Å². The van der Waals surface area contributed by atoms with Crippen LogP contribution in [0.25, 0.3) is 0 Å². The van der Waals surface area contributed by atoms with Crippen LogP contribution in [-0.2, 0) is 4.79 Å². The molecule has 0 spiro atoms. The number of likely N-dealkylation sites (tertiary alicyclic amines) is 1. The highest BCUT2D eigenvalue weighted by Crippen LogP contribution is 2.49. The Labute approximate surface area is 138 Å². The number of benzene rings is 1. The van der Waals surface area contributed by atoms with Gasteiger partial charge >= 0.3 is 5.97 Å². The molecule has 1 heterocycles. The molecule has 1 saturated heterocycles. The second kappa shape index (κ2) is 5.77. The van der Waals surface area contributed by atoms with Gasteiger partial charge in [-0.25, -0.2) is 0 Å². The van der Waals surface area contributed by atoms with Crippen molar-refractivity contribution in [3.63, 3.8) is 0 Å². The number of carboxylic acids is 1. The Bertz CT molecular complexity index is 719. The van der Waals surface area contributed by atoms with Crippen molar-refractivity contribution >= 4 is 17.6 Å². The lowest BCUT2D eigenvalue weighted by Crippen LogP contribution is -2.37. The van der Waals surface area contributed by atoms with Crippen LogP contribution in [0.15, 0.2) is 18.2 Å². The van der Waals surface area contributed by atoms with Crippen LogP contribution in [0.1, 0.15) is 29.6 Å². The predicted molar refractivity (Wildman–Crippen MR) is 83.0 cm³/mol. The molecule has 8 nitrogen and oxygen atoms in total. The summed E-state index contributed by atoms with van der Waals surface area (Å²) in [6.45, 7) is 0.495. The van der Waals surface area contributed by atoms with E-state index in [4.69, 9.17) is 4.74 Å². The molecule has 0 aromatic heterocycles. The van der Waals surface area contributed by atoms with E-state index >= 15 is 0 Å². The Morgan fingerprint density at radius 3 is 2.79 bits per heavy atom. The van der Waals surface area contributed by atoms with Gasteiger partial charge in [0.15, 0.2) is 0 Å². The lowest BCUT2D eigenvalue weighted by atomic mass is 9.81. The summed E-state index contributed by atoms with van der Waals surface area (Å²) in [5, 5.41) is 20.6. The van der Waals surface area contributed by atoms with Gasteiger partial charge in [0.05, 0.1) is 23.0 Å². The number of fused-ring (bicyclic) bond motifs is 1. The Kier molecular flexibility index (Phi) is 3.90. The van der Waals surface area contributed by atoms with E-state index in [1.54, 1.807) is 0 Å². The summed E-state index contributed by atoms with van der Waals surface area (Å²) in [7, 11) is 1.38. The fraction of sp³-hybridized carbons (Fsp3) is 0.500. The number of ether oxygens (including phenoxy) is 1. The normalized spacial score (nSPS) is 25.4. The minimum absolute atomic E-state index is 0.0661. The van der Waals surface area contributed by atoms with Crippen LogP contribution in [0.3, 0.4) is 0 Å². The standard InChI is InChI=1S/C16H18N2O6/c1-24-13-5-4-11(18(22)23)7-12(13)14(19)17-8-10-3-2-6-16(10,9-17)15(20)21/h4-5,7,10H,2-3,6,8-9H2,1H3,(H,20,21)/t10-,16+/m0/s1. The molecule has 1 aromatic rings. The minimum atomic E-state index is -0.885. The molecule has 24 heavy (non-hydrogen) atoms. The van der Waals surface area contributed by atoms with Crippen LogP contribution in [-0.4, -0.2) is 47.0 Å². The number of hydrogen-bond donors (Lipinski definition) is 1. The van der Waals surface area contributed by atoms with E-state index < -0.39 is 22.2 Å². The second-order valence-electron chi connectivity index (χ2n) is 6.38. The Morgan fingerprint density at radius 1 is 1.46 bits per heavy atom. The molecule has 1 aliphatic carbocycles. The molecule has 0 unspecified atom stereocenters. The van der Waals surface area contributed by atoms with Gasteiger partial charge in [-0.15, -0.1) is 0 Å². The number of aliphatic carboxylic acids is 1. The number of carbonyl (C=O) groups excluding carboxylic acids is 1. The van der Waals surface area contributed by atoms with Gasteiger partial charge in [0, 0.05) is 25.2 Å². The van der Waals surface area contributed by atoms with Gasteiger partial charge < -0.3 is 14.7 Å². The summed E-state index contributed by atoms with van der Waals surface area (Å²) in [5.41, 5.74) is -0.998. The topological polar surface area (TPSA) is 110 Å². The summed E-state index contributed by atoms with van der Waals surface area (Å²) in [5.74, 6) is -1.12. The fourth-order valence-corrected chi connectivity index (χ4v) is 3.94. The van der Waals surface area contributed by atoms with Gasteiger partial charge in [-0.3, -0.25) is 19.7 Å². The minimum Gasteiger partial charge on any atom is -0.496 e. The van der Waals surface area contributed by atoms with Crippen LogP contribution >= 0.6 is 0 Å². The first-order valence-corrected chi connectivity index (χ1v) is 7.74. The van der Waals surface area contributed by atoms with E-state index in [2.05, 4.69) is 0 Å². The zero-order valence-corrected chi connectivity index (χ0v) is 13.2. The maximum absolute atomic E-state index is 12.8. The number of amides is 1. The molecule has 2 aliphatic rings. The van der Waals surface area contributed by atoms with Gasteiger partial charge in [-0.2, -0.15) is 0 Å². The zero-order valence-electron chi connectivity index (χ0n) is 13.2. The molecule has 2 fully saturated rings. The molecular weight excluding hydrogens is 316 g/mol. The van der Waals surface area contributed by atoms with Crippen molar-refractivity contribution in [3.8, 4) is 5.75 Å². The zero-order chi connectivity index (χ0) is 17.5. The fourth-order valence-electron chi connectivity index (χ4n) is 3.94. The highest BCUT2D eigenvalue weighted by Gasteiger charge is 2.56. The third kappa shape index (κ3) is 2.38. The maximum Gasteiger partial charge on any atom is 0.311 e. The number of rotatable bonds is 4. The molecule has 2 atom stereocenters. The summed E-state index contributed by atoms with van der Waals surface area (Å²) < 4.78 is 5.14. The van der Waals surface area contributed by atoms with E-state index in [1.165, 1.54) is 30.2 Å². The predicted octanol–water partition coefficient (Wildman–Crippen LogP) is 1.93. The third-order valence-electron chi connectivity index (χ3n) is 5.21. The number of nitrogens with zero attached hydrogens (tertiary/aromatic N) is 2. The highest BCUT2D eigenvalue weighted by molar-refractivity contribution is 5.98. The van der Waals surface area contributed by atoms with Crippen molar-refractivity contribution in [2.75, 3.05) is 20.2 Å². The van der Waals surface area contributed by atoms with E-state index in [1.807, 2.05) is 0 Å². The van der Waals surface area contributed by atoms with Crippen molar-refractivity contribution in [1.82, 2.24) is 4.90 Å². The summed E-state index contributed by atoms with van der Waals surface area (Å²) in [4.78, 5) is 36.4. The van der Waals surface area contributed by atoms with Gasteiger partial charge in [-0.05, 0) is 24.8 Å². The monoisotopic (exact) mass is 334 g/mol. The van der Waals surface area contributed by atoms with Gasteiger partial charge in [-0.1, -0.05) is 6.42 Å². The first kappa shape index (κ1) is 16.2. The molecule has 1 N–H and O–H groups in total. The van der Waals surface area contributed by atoms with Crippen LogP contribution in [0, 0.1) is 21.4 Å². The highest BCUT2D eigenvalue weighted by atomic mass is 16.6. The molecule has 128 valence electrons. The Morgan fingerprint density at radius 2 is 2.21 bits per heavy atom. The number of hydrogen-bond acceptors (Lipinski definition) is 5. The average molecular weight is 334 g/mol. The first-order valence-electron chi connectivity index (χ1n) is 7.74. The summed E-state index contributed by atoms with van der Waals surface area (Å²) in [6.07, 6.45) is 2.18. The van der Waals surface area contributed by atoms with Crippen LogP contribution < -0.4 is 4.74 Å². The van der Waals surface area contributed by atoms with Crippen LogP contribution in [0.5, 0.6) is 5.75 Å². The Balaban J connectivity index is 1.92.